The predicted molar refractivity (Wildman–Crippen MR) is 95.6 cm³/mol. The van der Waals surface area contributed by atoms with E-state index in [1.807, 2.05) is 6.92 Å². The van der Waals surface area contributed by atoms with Crippen LogP contribution in [0.3, 0.4) is 0 Å². The van der Waals surface area contributed by atoms with E-state index >= 15 is 0 Å². The topological polar surface area (TPSA) is 46.5 Å². The van der Waals surface area contributed by atoms with Crippen molar-refractivity contribution in [1.82, 2.24) is 0 Å². The lowest BCUT2D eigenvalue weighted by Gasteiger charge is -2.32. The molecule has 1 aliphatic heterocycles. The van der Waals surface area contributed by atoms with Crippen LogP contribution in [0.4, 0.5) is 0 Å². The Balaban J connectivity index is 2.94. The van der Waals surface area contributed by atoms with Gasteiger partial charge in [-0.3, -0.25) is 4.79 Å². The Labute approximate surface area is 141 Å². The molecule has 0 bridgehead atoms. The average Bonchev–Trinajstić information content (AvgIpc) is 2.54. The number of carbonyl (C=O) groups excluding carboxylic acids is 1. The van der Waals surface area contributed by atoms with E-state index in [0.29, 0.717) is 12.5 Å². The van der Waals surface area contributed by atoms with Gasteiger partial charge in [-0.05, 0) is 56.9 Å². The van der Waals surface area contributed by atoms with Crippen molar-refractivity contribution < 1.29 is 14.6 Å². The summed E-state index contributed by atoms with van der Waals surface area (Å²) in [7, 11) is 0. The second-order valence-electron chi connectivity index (χ2n) is 6.70. The molecule has 0 aliphatic carbocycles. The first-order valence-corrected chi connectivity index (χ1v) is 9.24. The van der Waals surface area contributed by atoms with Crippen LogP contribution < -0.4 is 0 Å². The minimum atomic E-state index is -0.0776. The summed E-state index contributed by atoms with van der Waals surface area (Å²) in [6.45, 7) is 11.9. The minimum absolute atomic E-state index is 0.0776. The van der Waals surface area contributed by atoms with E-state index in [4.69, 9.17) is 4.74 Å². The molecule has 0 saturated carbocycles. The van der Waals surface area contributed by atoms with E-state index in [-0.39, 0.29) is 29.1 Å². The van der Waals surface area contributed by atoms with Crippen molar-refractivity contribution >= 4 is 5.78 Å². The van der Waals surface area contributed by atoms with Gasteiger partial charge in [-0.1, -0.05) is 33.8 Å². The highest BCUT2D eigenvalue weighted by atomic mass is 16.5. The fourth-order valence-electron chi connectivity index (χ4n) is 3.56. The number of aliphatic hydroxyl groups is 1. The fraction of sp³-hybridized carbons (Fsp3) is 0.750. The molecule has 23 heavy (non-hydrogen) atoms. The van der Waals surface area contributed by atoms with Gasteiger partial charge in [-0.25, -0.2) is 0 Å². The number of hydrogen-bond acceptors (Lipinski definition) is 3. The number of ether oxygens (including phenoxy) is 1. The highest BCUT2D eigenvalue weighted by molar-refractivity contribution is 5.98. The van der Waals surface area contributed by atoms with Crippen LogP contribution in [0.15, 0.2) is 23.5 Å². The normalized spacial score (nSPS) is 24.0. The van der Waals surface area contributed by atoms with Gasteiger partial charge >= 0.3 is 0 Å². The molecule has 3 nitrogen and oxygen atoms in total. The third-order valence-electron chi connectivity index (χ3n) is 4.87. The van der Waals surface area contributed by atoms with Crippen LogP contribution in [0.25, 0.3) is 0 Å². The maximum absolute atomic E-state index is 11.9. The van der Waals surface area contributed by atoms with Crippen molar-refractivity contribution in [2.24, 2.45) is 5.92 Å². The van der Waals surface area contributed by atoms with Crippen LogP contribution in [-0.4, -0.2) is 23.1 Å². The molecule has 1 fully saturated rings. The third kappa shape index (κ3) is 5.80. The Morgan fingerprint density at radius 3 is 2.48 bits per heavy atom. The Morgan fingerprint density at radius 1 is 1.26 bits per heavy atom. The molecule has 0 aromatic rings. The second kappa shape index (κ2) is 9.92. The molecule has 1 N–H and O–H groups in total. The first-order valence-electron chi connectivity index (χ1n) is 9.24. The Bertz CT molecular complexity index is 436. The quantitative estimate of drug-likeness (QED) is 0.346. The first-order chi connectivity index (χ1) is 10.9. The van der Waals surface area contributed by atoms with E-state index in [2.05, 4.69) is 20.4 Å². The number of hydrogen-bond donors (Lipinski definition) is 1. The fourth-order valence-corrected chi connectivity index (χ4v) is 3.56. The van der Waals surface area contributed by atoms with Crippen LogP contribution in [0, 0.1) is 5.92 Å². The molecule has 0 amide bonds. The van der Waals surface area contributed by atoms with Crippen molar-refractivity contribution in [3.8, 4) is 0 Å². The highest BCUT2D eigenvalue weighted by Gasteiger charge is 2.26. The highest BCUT2D eigenvalue weighted by Crippen LogP contribution is 2.33. The lowest BCUT2D eigenvalue weighted by molar-refractivity contribution is -0.115. The molecule has 1 heterocycles. The van der Waals surface area contributed by atoms with Crippen molar-refractivity contribution in [3.63, 3.8) is 0 Å². The van der Waals surface area contributed by atoms with Gasteiger partial charge in [0.25, 0.3) is 0 Å². The monoisotopic (exact) mass is 322 g/mol. The number of rotatable bonds is 9. The number of ketones is 1. The summed E-state index contributed by atoms with van der Waals surface area (Å²) in [5.41, 5.74) is 1.24. The summed E-state index contributed by atoms with van der Waals surface area (Å²) < 4.78 is 6.07. The third-order valence-corrected chi connectivity index (χ3v) is 4.87. The number of carbonyl (C=O) groups is 1. The largest absolute Gasteiger partial charge is 0.507 e. The Morgan fingerprint density at radius 2 is 1.96 bits per heavy atom. The zero-order valence-corrected chi connectivity index (χ0v) is 15.4. The summed E-state index contributed by atoms with van der Waals surface area (Å²) in [5, 5.41) is 10.6. The number of aliphatic hydroxyl groups excluding tert-OH is 1. The lowest BCUT2D eigenvalue weighted by Crippen LogP contribution is -2.28. The van der Waals surface area contributed by atoms with E-state index in [9.17, 15) is 9.90 Å². The SMILES string of the molecule is C=C(C(=O)CC)/C(O)=C(\CC)[C@H](CCC)C[C@H]1CCC[C@H](C)O1. The molecule has 0 radical (unpaired) electrons. The van der Waals surface area contributed by atoms with E-state index in [1.165, 1.54) is 6.42 Å². The van der Waals surface area contributed by atoms with Crippen LogP contribution in [0.5, 0.6) is 0 Å². The summed E-state index contributed by atoms with van der Waals surface area (Å²) in [6, 6.07) is 0. The van der Waals surface area contributed by atoms with Gasteiger partial charge < -0.3 is 9.84 Å². The standard InChI is InChI=1S/C20H34O3/c1-6-10-16(13-17-12-9-11-14(4)23-17)18(7-2)20(22)15(5)19(21)8-3/h14,16-17,22H,5-13H2,1-4H3/b20-18-/t14-,16+,17+/m0/s1. The van der Waals surface area contributed by atoms with Gasteiger partial charge in [0.15, 0.2) is 5.78 Å². The maximum atomic E-state index is 11.9. The summed E-state index contributed by atoms with van der Waals surface area (Å²) >= 11 is 0. The van der Waals surface area contributed by atoms with Gasteiger partial charge in [-0.2, -0.15) is 0 Å². The smallest absolute Gasteiger partial charge is 0.165 e. The van der Waals surface area contributed by atoms with Crippen LogP contribution in [0.2, 0.25) is 0 Å². The van der Waals surface area contributed by atoms with E-state index < -0.39 is 0 Å². The van der Waals surface area contributed by atoms with Crippen molar-refractivity contribution in [1.29, 1.82) is 0 Å². The molecule has 0 aromatic heterocycles. The zero-order valence-electron chi connectivity index (χ0n) is 15.4. The van der Waals surface area contributed by atoms with E-state index in [0.717, 1.165) is 44.1 Å². The molecular weight excluding hydrogens is 288 g/mol. The van der Waals surface area contributed by atoms with Gasteiger partial charge in [0.2, 0.25) is 0 Å². The van der Waals surface area contributed by atoms with Crippen LogP contribution >= 0.6 is 0 Å². The average molecular weight is 322 g/mol. The predicted octanol–water partition coefficient (Wildman–Crippen LogP) is 5.51. The summed E-state index contributed by atoms with van der Waals surface area (Å²) in [5.74, 6) is 0.314. The molecule has 0 aromatic carbocycles. The minimum Gasteiger partial charge on any atom is -0.507 e. The number of allylic oxidation sites excluding steroid dienone is 2. The lowest BCUT2D eigenvalue weighted by atomic mass is 9.83. The van der Waals surface area contributed by atoms with Gasteiger partial charge in [0, 0.05) is 6.42 Å². The summed E-state index contributed by atoms with van der Waals surface area (Å²) in [6.07, 6.45) is 8.15. The van der Waals surface area contributed by atoms with Crippen LogP contribution in [0.1, 0.15) is 79.1 Å². The molecular formula is C20H34O3. The molecule has 1 saturated heterocycles. The molecule has 3 atom stereocenters. The van der Waals surface area contributed by atoms with Crippen molar-refractivity contribution in [2.45, 2.75) is 91.3 Å². The molecule has 1 aliphatic rings. The summed E-state index contributed by atoms with van der Waals surface area (Å²) in [4.78, 5) is 11.9. The van der Waals surface area contributed by atoms with Crippen LogP contribution in [-0.2, 0) is 9.53 Å². The van der Waals surface area contributed by atoms with Crippen molar-refractivity contribution in [3.05, 3.63) is 23.5 Å². The molecule has 3 heteroatoms. The number of Topliss-reactive ketones (excluding diaryl/α,β-unsaturated/α-hetero) is 1. The Kier molecular flexibility index (Phi) is 8.60. The maximum Gasteiger partial charge on any atom is 0.165 e. The molecule has 132 valence electrons. The molecule has 0 unspecified atom stereocenters. The first kappa shape index (κ1) is 20.0. The van der Waals surface area contributed by atoms with Crippen molar-refractivity contribution in [2.75, 3.05) is 0 Å². The van der Waals surface area contributed by atoms with Gasteiger partial charge in [0.1, 0.15) is 5.76 Å². The Hall–Kier alpha value is -1.09. The van der Waals surface area contributed by atoms with Gasteiger partial charge in [0.05, 0.1) is 17.8 Å². The second-order valence-corrected chi connectivity index (χ2v) is 6.70. The zero-order chi connectivity index (χ0) is 17.4. The molecule has 0 spiro atoms. The van der Waals surface area contributed by atoms with E-state index in [1.54, 1.807) is 6.92 Å². The van der Waals surface area contributed by atoms with Gasteiger partial charge in [-0.15, -0.1) is 0 Å². The molecule has 1 rings (SSSR count).